The van der Waals surface area contributed by atoms with Crippen molar-refractivity contribution in [2.45, 2.75) is 57.6 Å². The van der Waals surface area contributed by atoms with Crippen LogP contribution in [-0.2, 0) is 22.4 Å². The molecule has 7 nitrogen and oxygen atoms in total. The molecule has 0 spiro atoms. The van der Waals surface area contributed by atoms with Crippen LogP contribution in [-0.4, -0.2) is 45.4 Å². The molecule has 33 heavy (non-hydrogen) atoms. The highest BCUT2D eigenvalue weighted by atomic mass is 16.7. The highest BCUT2D eigenvalue weighted by molar-refractivity contribution is 5.40. The lowest BCUT2D eigenvalue weighted by molar-refractivity contribution is -0.141. The SMILES string of the molecule is COc1ccc(CNC(C#N)CCCc2ccc(OCC3COC(C)(C)O3)cc2)c(OC)c1. The van der Waals surface area contributed by atoms with Crippen molar-refractivity contribution in [2.24, 2.45) is 0 Å². The van der Waals surface area contributed by atoms with E-state index >= 15 is 0 Å². The molecule has 0 radical (unpaired) electrons. The fourth-order valence-electron chi connectivity index (χ4n) is 3.74. The van der Waals surface area contributed by atoms with Gasteiger partial charge in [0.2, 0.25) is 0 Å². The van der Waals surface area contributed by atoms with Crippen LogP contribution in [0.2, 0.25) is 0 Å². The molecule has 1 fully saturated rings. The van der Waals surface area contributed by atoms with Gasteiger partial charge in [-0.2, -0.15) is 5.26 Å². The number of hydrogen-bond acceptors (Lipinski definition) is 7. The molecular formula is C26H34N2O5. The summed E-state index contributed by atoms with van der Waals surface area (Å²) in [6.45, 7) is 5.39. The second-order valence-electron chi connectivity index (χ2n) is 8.54. The molecule has 0 aliphatic carbocycles. The van der Waals surface area contributed by atoms with Crippen LogP contribution in [0.1, 0.15) is 37.8 Å². The third kappa shape index (κ3) is 7.64. The zero-order valence-corrected chi connectivity index (χ0v) is 19.9. The van der Waals surface area contributed by atoms with Crippen LogP contribution in [0, 0.1) is 11.3 Å². The largest absolute Gasteiger partial charge is 0.497 e. The summed E-state index contributed by atoms with van der Waals surface area (Å²) >= 11 is 0. The molecular weight excluding hydrogens is 420 g/mol. The van der Waals surface area contributed by atoms with E-state index in [9.17, 15) is 5.26 Å². The first-order chi connectivity index (χ1) is 15.9. The Morgan fingerprint density at radius 1 is 1.12 bits per heavy atom. The molecule has 1 N–H and O–H groups in total. The molecule has 0 saturated carbocycles. The first kappa shape index (κ1) is 24.8. The van der Waals surface area contributed by atoms with Gasteiger partial charge < -0.3 is 23.7 Å². The van der Waals surface area contributed by atoms with E-state index < -0.39 is 5.79 Å². The highest BCUT2D eigenvalue weighted by Gasteiger charge is 2.32. The topological polar surface area (TPSA) is 82.0 Å². The number of ether oxygens (including phenoxy) is 5. The number of benzene rings is 2. The van der Waals surface area contributed by atoms with Gasteiger partial charge in [-0.25, -0.2) is 0 Å². The van der Waals surface area contributed by atoms with Crippen LogP contribution < -0.4 is 19.5 Å². The molecule has 0 bridgehead atoms. The smallest absolute Gasteiger partial charge is 0.163 e. The minimum absolute atomic E-state index is 0.0482. The van der Waals surface area contributed by atoms with Crippen LogP contribution in [0.5, 0.6) is 17.2 Å². The third-order valence-electron chi connectivity index (χ3n) is 5.57. The van der Waals surface area contributed by atoms with Crippen molar-refractivity contribution < 1.29 is 23.7 Å². The van der Waals surface area contributed by atoms with E-state index in [1.54, 1.807) is 14.2 Å². The minimum atomic E-state index is -0.533. The summed E-state index contributed by atoms with van der Waals surface area (Å²) in [4.78, 5) is 0. The molecule has 0 aromatic heterocycles. The van der Waals surface area contributed by atoms with E-state index in [1.807, 2.05) is 44.2 Å². The fourth-order valence-corrected chi connectivity index (χ4v) is 3.74. The Balaban J connectivity index is 1.39. The number of rotatable bonds is 12. The lowest BCUT2D eigenvalue weighted by atomic mass is 10.0. The fraction of sp³-hybridized carbons (Fsp3) is 0.500. The Bertz CT molecular complexity index is 923. The molecule has 2 atom stereocenters. The zero-order chi connectivity index (χ0) is 23.7. The Kier molecular flexibility index (Phi) is 8.95. The van der Waals surface area contributed by atoms with Gasteiger partial charge in [-0.15, -0.1) is 0 Å². The second kappa shape index (κ2) is 11.9. The molecule has 1 saturated heterocycles. The molecule has 2 aromatic rings. The summed E-state index contributed by atoms with van der Waals surface area (Å²) in [5.74, 6) is 1.77. The Morgan fingerprint density at radius 3 is 2.52 bits per heavy atom. The Morgan fingerprint density at radius 2 is 1.88 bits per heavy atom. The molecule has 1 aliphatic rings. The molecule has 1 aliphatic heterocycles. The molecule has 178 valence electrons. The molecule has 2 aromatic carbocycles. The maximum Gasteiger partial charge on any atom is 0.163 e. The molecule has 1 heterocycles. The van der Waals surface area contributed by atoms with E-state index in [1.165, 1.54) is 5.56 Å². The number of methoxy groups -OCH3 is 2. The van der Waals surface area contributed by atoms with Crippen LogP contribution in [0.3, 0.4) is 0 Å². The summed E-state index contributed by atoms with van der Waals surface area (Å²) < 4.78 is 27.8. The third-order valence-corrected chi connectivity index (χ3v) is 5.57. The molecule has 2 unspecified atom stereocenters. The van der Waals surface area contributed by atoms with Gasteiger partial charge in [0.05, 0.1) is 32.9 Å². The predicted octanol–water partition coefficient (Wildman–Crippen LogP) is 4.24. The van der Waals surface area contributed by atoms with E-state index in [-0.39, 0.29) is 12.1 Å². The van der Waals surface area contributed by atoms with Gasteiger partial charge >= 0.3 is 0 Å². The highest BCUT2D eigenvalue weighted by Crippen LogP contribution is 2.25. The average Bonchev–Trinajstić information content (AvgIpc) is 3.19. The molecule has 3 rings (SSSR count). The van der Waals surface area contributed by atoms with Crippen molar-refractivity contribution in [3.05, 3.63) is 53.6 Å². The normalized spacial score (nSPS) is 17.8. The van der Waals surface area contributed by atoms with Crippen LogP contribution in [0.4, 0.5) is 0 Å². The van der Waals surface area contributed by atoms with Crippen molar-refractivity contribution in [1.29, 1.82) is 5.26 Å². The van der Waals surface area contributed by atoms with Gasteiger partial charge in [0.25, 0.3) is 0 Å². The van der Waals surface area contributed by atoms with Gasteiger partial charge in [0.15, 0.2) is 5.79 Å². The lowest BCUT2D eigenvalue weighted by Crippen LogP contribution is -2.27. The summed E-state index contributed by atoms with van der Waals surface area (Å²) in [5, 5.41) is 12.8. The van der Waals surface area contributed by atoms with Crippen molar-refractivity contribution in [3.63, 3.8) is 0 Å². The van der Waals surface area contributed by atoms with E-state index in [4.69, 9.17) is 23.7 Å². The van der Waals surface area contributed by atoms with E-state index in [2.05, 4.69) is 23.5 Å². The van der Waals surface area contributed by atoms with Gasteiger partial charge in [0.1, 0.15) is 30.0 Å². The number of nitrogens with zero attached hydrogens (tertiary/aromatic N) is 1. The van der Waals surface area contributed by atoms with Crippen molar-refractivity contribution in [1.82, 2.24) is 5.32 Å². The standard InChI is InChI=1S/C26H34N2O5/c1-26(2)32-18-24(33-26)17-31-22-11-8-19(9-12-22)6-5-7-21(15-27)28-16-20-10-13-23(29-3)14-25(20)30-4/h8-14,21,24,28H,5-7,16-18H2,1-4H3. The molecule has 0 amide bonds. The summed E-state index contributed by atoms with van der Waals surface area (Å²) in [6, 6.07) is 15.9. The van der Waals surface area contributed by atoms with Crippen molar-refractivity contribution in [3.8, 4) is 23.3 Å². The van der Waals surface area contributed by atoms with Gasteiger partial charge in [-0.3, -0.25) is 5.32 Å². The lowest BCUT2D eigenvalue weighted by Gasteiger charge is -2.17. The Labute approximate surface area is 196 Å². The zero-order valence-electron chi connectivity index (χ0n) is 19.9. The van der Waals surface area contributed by atoms with Crippen LogP contribution >= 0.6 is 0 Å². The molecule has 7 heteroatoms. The van der Waals surface area contributed by atoms with Gasteiger partial charge in [-0.1, -0.05) is 18.2 Å². The van der Waals surface area contributed by atoms with Crippen molar-refractivity contribution >= 4 is 0 Å². The quantitative estimate of drug-likeness (QED) is 0.514. The minimum Gasteiger partial charge on any atom is -0.497 e. The number of hydrogen-bond donors (Lipinski definition) is 1. The maximum absolute atomic E-state index is 9.53. The van der Waals surface area contributed by atoms with E-state index in [0.29, 0.717) is 19.8 Å². The predicted molar refractivity (Wildman–Crippen MR) is 126 cm³/mol. The number of nitrogens with one attached hydrogen (secondary N) is 1. The van der Waals surface area contributed by atoms with Gasteiger partial charge in [0, 0.05) is 18.2 Å². The van der Waals surface area contributed by atoms with Crippen molar-refractivity contribution in [2.75, 3.05) is 27.4 Å². The first-order valence-electron chi connectivity index (χ1n) is 11.3. The summed E-state index contributed by atoms with van der Waals surface area (Å²) in [6.07, 6.45) is 2.53. The number of nitriles is 1. The summed E-state index contributed by atoms with van der Waals surface area (Å²) in [5.41, 5.74) is 2.21. The monoisotopic (exact) mass is 454 g/mol. The Hall–Kier alpha value is -2.79. The summed E-state index contributed by atoms with van der Waals surface area (Å²) in [7, 11) is 3.26. The average molecular weight is 455 g/mol. The second-order valence-corrected chi connectivity index (χ2v) is 8.54. The number of aryl methyl sites for hydroxylation is 1. The van der Waals surface area contributed by atoms with Crippen LogP contribution in [0.25, 0.3) is 0 Å². The van der Waals surface area contributed by atoms with Gasteiger partial charge in [-0.05, 0) is 56.9 Å². The van der Waals surface area contributed by atoms with E-state index in [0.717, 1.165) is 42.1 Å². The van der Waals surface area contributed by atoms with Crippen LogP contribution in [0.15, 0.2) is 42.5 Å². The maximum atomic E-state index is 9.53. The first-order valence-corrected chi connectivity index (χ1v) is 11.3.